The summed E-state index contributed by atoms with van der Waals surface area (Å²) in [4.78, 5) is 15.1. The number of nitrogens with one attached hydrogen (secondary N) is 2. The zero-order chi connectivity index (χ0) is 25.5. The van der Waals surface area contributed by atoms with Crippen molar-refractivity contribution in [2.24, 2.45) is 0 Å². The first-order valence-corrected chi connectivity index (χ1v) is 13.1. The van der Waals surface area contributed by atoms with Crippen LogP contribution in [0.4, 0.5) is 4.39 Å². The van der Waals surface area contributed by atoms with Gasteiger partial charge in [0.05, 0.1) is 11.2 Å². The summed E-state index contributed by atoms with van der Waals surface area (Å²) in [5.41, 5.74) is 8.83. The van der Waals surface area contributed by atoms with Crippen LogP contribution in [0.1, 0.15) is 24.8 Å². The van der Waals surface area contributed by atoms with Gasteiger partial charge in [-0.05, 0) is 90.6 Å². The maximum absolute atomic E-state index is 13.5. The molecule has 0 unspecified atom stereocenters. The molecule has 2 aromatic carbocycles. The van der Waals surface area contributed by atoms with E-state index in [1.807, 2.05) is 18.5 Å². The Kier molecular flexibility index (Phi) is 5.70. The monoisotopic (exact) mass is 502 g/mol. The van der Waals surface area contributed by atoms with Crippen LogP contribution in [-0.2, 0) is 6.54 Å². The highest BCUT2D eigenvalue weighted by atomic mass is 19.1. The first-order valence-electron chi connectivity index (χ1n) is 13.1. The van der Waals surface area contributed by atoms with Crippen molar-refractivity contribution in [1.29, 1.82) is 0 Å². The van der Waals surface area contributed by atoms with Gasteiger partial charge in [0.1, 0.15) is 17.2 Å². The molecule has 0 spiro atoms. The highest BCUT2D eigenvalue weighted by Gasteiger charge is 2.16. The van der Waals surface area contributed by atoms with Crippen LogP contribution < -0.4 is 0 Å². The average Bonchev–Trinajstić information content (AvgIpc) is 3.58. The van der Waals surface area contributed by atoms with E-state index >= 15 is 0 Å². The number of halogens is 1. The van der Waals surface area contributed by atoms with Gasteiger partial charge in [-0.2, -0.15) is 5.10 Å². The normalized spacial score (nSPS) is 14.4. The zero-order valence-electron chi connectivity index (χ0n) is 20.9. The molecule has 7 heteroatoms. The van der Waals surface area contributed by atoms with E-state index in [2.05, 4.69) is 60.4 Å². The lowest BCUT2D eigenvalue weighted by Crippen LogP contribution is -2.29. The van der Waals surface area contributed by atoms with Gasteiger partial charge in [0, 0.05) is 41.5 Å². The van der Waals surface area contributed by atoms with Crippen molar-refractivity contribution >= 4 is 21.9 Å². The Hall–Kier alpha value is -4.36. The summed E-state index contributed by atoms with van der Waals surface area (Å²) < 4.78 is 13.5. The zero-order valence-corrected chi connectivity index (χ0v) is 20.9. The summed E-state index contributed by atoms with van der Waals surface area (Å²) in [5, 5.41) is 9.82. The van der Waals surface area contributed by atoms with Gasteiger partial charge in [0.25, 0.3) is 0 Å². The Balaban J connectivity index is 1.25. The van der Waals surface area contributed by atoms with Gasteiger partial charge in [-0.25, -0.2) is 9.37 Å². The smallest absolute Gasteiger partial charge is 0.138 e. The minimum atomic E-state index is -0.250. The van der Waals surface area contributed by atoms with E-state index < -0.39 is 0 Å². The first kappa shape index (κ1) is 22.8. The molecule has 38 heavy (non-hydrogen) atoms. The number of hydrogen-bond donors (Lipinski definition) is 2. The number of hydrogen-bond acceptors (Lipinski definition) is 4. The minimum absolute atomic E-state index is 0.250. The quantitative estimate of drug-likeness (QED) is 0.267. The Bertz CT molecular complexity index is 1740. The third-order valence-electron chi connectivity index (χ3n) is 7.49. The van der Waals surface area contributed by atoms with Crippen LogP contribution in [0.3, 0.4) is 0 Å². The molecule has 0 radical (unpaired) electrons. The van der Waals surface area contributed by atoms with Gasteiger partial charge in [0.15, 0.2) is 0 Å². The molecule has 7 rings (SSSR count). The van der Waals surface area contributed by atoms with Gasteiger partial charge in [-0.1, -0.05) is 24.6 Å². The van der Waals surface area contributed by atoms with E-state index in [4.69, 9.17) is 0 Å². The molecule has 0 saturated carbocycles. The number of rotatable bonds is 5. The van der Waals surface area contributed by atoms with Crippen LogP contribution in [0, 0.1) is 5.82 Å². The molecule has 1 fully saturated rings. The maximum Gasteiger partial charge on any atom is 0.138 e. The van der Waals surface area contributed by atoms with Crippen molar-refractivity contribution in [3.05, 3.63) is 90.6 Å². The molecule has 188 valence electrons. The number of aromatic amines is 2. The van der Waals surface area contributed by atoms with Crippen LogP contribution in [0.5, 0.6) is 0 Å². The number of benzene rings is 2. The van der Waals surface area contributed by atoms with E-state index in [1.165, 1.54) is 37.0 Å². The highest BCUT2D eigenvalue weighted by Crippen LogP contribution is 2.34. The molecular weight excluding hydrogens is 475 g/mol. The second-order valence-electron chi connectivity index (χ2n) is 10.1. The highest BCUT2D eigenvalue weighted by molar-refractivity contribution is 6.00. The first-order chi connectivity index (χ1) is 18.7. The van der Waals surface area contributed by atoms with Crippen LogP contribution >= 0.6 is 0 Å². The minimum Gasteiger partial charge on any atom is -0.338 e. The topological polar surface area (TPSA) is 73.5 Å². The molecule has 5 heterocycles. The fourth-order valence-corrected chi connectivity index (χ4v) is 5.54. The Labute approximate surface area is 219 Å². The lowest BCUT2D eigenvalue weighted by atomic mass is 10.0. The molecule has 0 amide bonds. The van der Waals surface area contributed by atoms with E-state index in [9.17, 15) is 4.39 Å². The number of fused-ring (bicyclic) bond motifs is 2. The fraction of sp³-hybridized carbons (Fsp3) is 0.194. The van der Waals surface area contributed by atoms with Crippen molar-refractivity contribution in [3.63, 3.8) is 0 Å². The van der Waals surface area contributed by atoms with Gasteiger partial charge >= 0.3 is 0 Å². The third kappa shape index (κ3) is 4.25. The molecule has 1 saturated heterocycles. The predicted octanol–water partition coefficient (Wildman–Crippen LogP) is 6.96. The molecule has 0 aliphatic carbocycles. The molecule has 0 bridgehead atoms. The van der Waals surface area contributed by atoms with Gasteiger partial charge in [-0.3, -0.25) is 15.0 Å². The number of likely N-dealkylation sites (tertiary alicyclic amines) is 1. The third-order valence-corrected chi connectivity index (χ3v) is 7.49. The van der Waals surface area contributed by atoms with Crippen LogP contribution in [0.25, 0.3) is 55.6 Å². The molecule has 1 aliphatic rings. The summed E-state index contributed by atoms with van der Waals surface area (Å²) in [7, 11) is 0. The Morgan fingerprint density at radius 2 is 1.66 bits per heavy atom. The van der Waals surface area contributed by atoms with Gasteiger partial charge in [-0.15, -0.1) is 0 Å². The molecule has 6 nitrogen and oxygen atoms in total. The SMILES string of the molecule is Fc1ccc(-c2ccnc3[nH]c(-c4n[nH]c5ccc(-c6cncc(CN7CCCCC7)c6)cc45)cc23)cc1. The number of aromatic nitrogens is 5. The summed E-state index contributed by atoms with van der Waals surface area (Å²) in [5.74, 6) is -0.250. The second-order valence-corrected chi connectivity index (χ2v) is 10.1. The molecule has 6 aromatic rings. The number of piperidine rings is 1. The van der Waals surface area contributed by atoms with E-state index in [1.54, 1.807) is 18.3 Å². The van der Waals surface area contributed by atoms with Crippen LogP contribution in [0.15, 0.2) is 79.3 Å². The molecule has 4 aromatic heterocycles. The molecule has 0 atom stereocenters. The summed E-state index contributed by atoms with van der Waals surface area (Å²) in [6.45, 7) is 3.27. The largest absolute Gasteiger partial charge is 0.338 e. The van der Waals surface area contributed by atoms with Crippen LogP contribution in [0.2, 0.25) is 0 Å². The Morgan fingerprint density at radius 3 is 2.53 bits per heavy atom. The van der Waals surface area contributed by atoms with Crippen molar-refractivity contribution in [2.75, 3.05) is 13.1 Å². The van der Waals surface area contributed by atoms with Gasteiger partial charge < -0.3 is 4.98 Å². The van der Waals surface area contributed by atoms with Crippen molar-refractivity contribution in [2.45, 2.75) is 25.8 Å². The summed E-state index contributed by atoms with van der Waals surface area (Å²) >= 11 is 0. The van der Waals surface area contributed by atoms with Gasteiger partial charge in [0.2, 0.25) is 0 Å². The number of H-pyrrole nitrogens is 2. The number of nitrogens with zero attached hydrogens (tertiary/aromatic N) is 4. The average molecular weight is 503 g/mol. The van der Waals surface area contributed by atoms with E-state index in [0.29, 0.717) is 0 Å². The summed E-state index contributed by atoms with van der Waals surface area (Å²) in [6.07, 6.45) is 9.58. The number of pyridine rings is 2. The van der Waals surface area contributed by atoms with Crippen molar-refractivity contribution in [3.8, 4) is 33.6 Å². The second kappa shape index (κ2) is 9.50. The standard InChI is InChI=1S/C31H27FN6/c32-24-7-4-21(5-8-24)25-10-11-34-31-26(25)16-29(35-31)30-27-15-22(6-9-28(27)36-37-30)23-14-20(17-33-18-23)19-38-12-2-1-3-13-38/h4-11,14-18H,1-3,12-13,19H2,(H,34,35)(H,36,37). The Morgan fingerprint density at radius 1 is 0.816 bits per heavy atom. The molecule has 2 N–H and O–H groups in total. The van der Waals surface area contributed by atoms with Crippen molar-refractivity contribution in [1.82, 2.24) is 30.0 Å². The lowest BCUT2D eigenvalue weighted by molar-refractivity contribution is 0.220. The van der Waals surface area contributed by atoms with Crippen molar-refractivity contribution < 1.29 is 4.39 Å². The fourth-order valence-electron chi connectivity index (χ4n) is 5.54. The lowest BCUT2D eigenvalue weighted by Gasteiger charge is -2.26. The van der Waals surface area contributed by atoms with E-state index in [-0.39, 0.29) is 5.82 Å². The molecule has 1 aliphatic heterocycles. The summed E-state index contributed by atoms with van der Waals surface area (Å²) in [6, 6.07) is 19.2. The van der Waals surface area contributed by atoms with Crippen LogP contribution in [-0.4, -0.2) is 43.1 Å². The predicted molar refractivity (Wildman–Crippen MR) is 149 cm³/mol. The van der Waals surface area contributed by atoms with E-state index in [0.717, 1.165) is 75.2 Å². The maximum atomic E-state index is 13.5. The molecular formula is C31H27FN6.